The van der Waals surface area contributed by atoms with Crippen LogP contribution in [-0.2, 0) is 0 Å². The van der Waals surface area contributed by atoms with Gasteiger partial charge in [0, 0.05) is 12.0 Å². The standard InChI is InChI=1S/C23H18ClFO5/c1-11-8-14(30-13-4-2-12(25)3-5-13)6-7-15(11)16-9-17(16)22(28)20-18(26)10-19(27)21(24)23(20)29/h2-8,10,16-17,26-27,29H,9H2,1H3. The number of benzene rings is 3. The molecule has 3 N–H and O–H groups in total. The van der Waals surface area contributed by atoms with Crippen molar-refractivity contribution >= 4 is 17.4 Å². The van der Waals surface area contributed by atoms with Crippen LogP contribution in [0.3, 0.4) is 0 Å². The molecule has 0 radical (unpaired) electrons. The summed E-state index contributed by atoms with van der Waals surface area (Å²) >= 11 is 5.80. The van der Waals surface area contributed by atoms with Gasteiger partial charge in [0.15, 0.2) is 11.5 Å². The Kier molecular flexibility index (Phi) is 5.03. The summed E-state index contributed by atoms with van der Waals surface area (Å²) in [5.74, 6) is -1.77. The average molecular weight is 429 g/mol. The van der Waals surface area contributed by atoms with Gasteiger partial charge in [-0.2, -0.15) is 0 Å². The van der Waals surface area contributed by atoms with Crippen LogP contribution < -0.4 is 4.74 Å². The van der Waals surface area contributed by atoms with Crippen molar-refractivity contribution in [2.45, 2.75) is 19.3 Å². The molecule has 3 aromatic carbocycles. The van der Waals surface area contributed by atoms with Gasteiger partial charge >= 0.3 is 0 Å². The minimum atomic E-state index is -0.621. The molecule has 154 valence electrons. The Bertz CT molecular complexity index is 1140. The van der Waals surface area contributed by atoms with Crippen molar-refractivity contribution < 1.29 is 29.2 Å². The molecule has 1 saturated carbocycles. The highest BCUT2D eigenvalue weighted by Crippen LogP contribution is 2.53. The van der Waals surface area contributed by atoms with Gasteiger partial charge in [0.1, 0.15) is 39.4 Å². The van der Waals surface area contributed by atoms with Crippen molar-refractivity contribution in [2.24, 2.45) is 5.92 Å². The second-order valence-electron chi connectivity index (χ2n) is 7.34. The largest absolute Gasteiger partial charge is 0.507 e. The molecule has 2 unspecified atom stereocenters. The Balaban J connectivity index is 1.52. The van der Waals surface area contributed by atoms with Crippen LogP contribution in [0.5, 0.6) is 28.7 Å². The zero-order chi connectivity index (χ0) is 21.6. The first-order chi connectivity index (χ1) is 14.3. The number of ketones is 1. The van der Waals surface area contributed by atoms with E-state index in [-0.39, 0.29) is 22.3 Å². The van der Waals surface area contributed by atoms with Gasteiger partial charge in [-0.25, -0.2) is 4.39 Å². The first-order valence-corrected chi connectivity index (χ1v) is 9.65. The van der Waals surface area contributed by atoms with Crippen LogP contribution >= 0.6 is 11.6 Å². The minimum absolute atomic E-state index is 0.0660. The third-order valence-corrected chi connectivity index (χ3v) is 5.64. The van der Waals surface area contributed by atoms with Gasteiger partial charge < -0.3 is 20.1 Å². The number of hydrogen-bond acceptors (Lipinski definition) is 5. The number of rotatable bonds is 5. The van der Waals surface area contributed by atoms with Crippen molar-refractivity contribution in [3.05, 3.63) is 76.1 Å². The van der Waals surface area contributed by atoms with Gasteiger partial charge in [-0.05, 0) is 66.8 Å². The predicted octanol–water partition coefficient (Wildman–Crippen LogP) is 5.68. The van der Waals surface area contributed by atoms with Crippen molar-refractivity contribution in [3.8, 4) is 28.7 Å². The lowest BCUT2D eigenvalue weighted by Crippen LogP contribution is -2.05. The molecule has 0 heterocycles. The highest BCUT2D eigenvalue weighted by atomic mass is 35.5. The number of halogens is 2. The quantitative estimate of drug-likeness (QED) is 0.455. The SMILES string of the molecule is Cc1cc(Oc2ccc(F)cc2)ccc1C1CC1C(=O)c1c(O)cc(O)c(Cl)c1O. The molecule has 1 aliphatic rings. The summed E-state index contributed by atoms with van der Waals surface area (Å²) in [7, 11) is 0. The fourth-order valence-corrected chi connectivity index (χ4v) is 3.79. The first-order valence-electron chi connectivity index (χ1n) is 9.28. The molecule has 0 aliphatic heterocycles. The van der Waals surface area contributed by atoms with E-state index in [2.05, 4.69) is 0 Å². The molecule has 1 fully saturated rings. The van der Waals surface area contributed by atoms with E-state index < -0.39 is 28.9 Å². The molecule has 4 rings (SSSR count). The number of aryl methyl sites for hydroxylation is 1. The third kappa shape index (κ3) is 3.66. The lowest BCUT2D eigenvalue weighted by molar-refractivity contribution is 0.0959. The molecule has 0 bridgehead atoms. The van der Waals surface area contributed by atoms with E-state index >= 15 is 0 Å². The van der Waals surface area contributed by atoms with Crippen molar-refractivity contribution in [1.29, 1.82) is 0 Å². The fraction of sp³-hybridized carbons (Fsp3) is 0.174. The first kappa shape index (κ1) is 20.0. The summed E-state index contributed by atoms with van der Waals surface area (Å²) in [5, 5.41) is 29.3. The van der Waals surface area contributed by atoms with Crippen molar-refractivity contribution in [2.75, 3.05) is 0 Å². The van der Waals surface area contributed by atoms with E-state index in [0.717, 1.165) is 17.2 Å². The van der Waals surface area contributed by atoms with E-state index in [1.54, 1.807) is 6.07 Å². The van der Waals surface area contributed by atoms with Crippen LogP contribution in [0.1, 0.15) is 33.8 Å². The van der Waals surface area contributed by atoms with Crippen LogP contribution in [0.25, 0.3) is 0 Å². The average Bonchev–Trinajstić information content (AvgIpc) is 3.49. The van der Waals surface area contributed by atoms with Gasteiger partial charge in [-0.15, -0.1) is 0 Å². The topological polar surface area (TPSA) is 87.0 Å². The highest BCUT2D eigenvalue weighted by molar-refractivity contribution is 6.34. The van der Waals surface area contributed by atoms with Gasteiger partial charge in [0.25, 0.3) is 0 Å². The number of carbonyl (C=O) groups excluding carboxylic acids is 1. The lowest BCUT2D eigenvalue weighted by atomic mass is 9.98. The Morgan fingerprint density at radius 3 is 2.37 bits per heavy atom. The maximum Gasteiger partial charge on any atom is 0.174 e. The van der Waals surface area contributed by atoms with Gasteiger partial charge in [-0.1, -0.05) is 17.7 Å². The van der Waals surface area contributed by atoms with Crippen molar-refractivity contribution in [1.82, 2.24) is 0 Å². The number of phenolic OH excluding ortho intramolecular Hbond substituents is 3. The monoisotopic (exact) mass is 428 g/mol. The minimum Gasteiger partial charge on any atom is -0.507 e. The normalized spacial score (nSPS) is 17.6. The molecular weight excluding hydrogens is 411 g/mol. The summed E-state index contributed by atoms with van der Waals surface area (Å²) in [6.07, 6.45) is 0.565. The van der Waals surface area contributed by atoms with E-state index in [0.29, 0.717) is 17.9 Å². The summed E-state index contributed by atoms with van der Waals surface area (Å²) in [6.45, 7) is 1.90. The Morgan fingerprint density at radius 2 is 1.70 bits per heavy atom. The maximum atomic E-state index is 13.0. The summed E-state index contributed by atoms with van der Waals surface area (Å²) < 4.78 is 18.8. The maximum absolute atomic E-state index is 13.0. The Labute approximate surface area is 176 Å². The zero-order valence-electron chi connectivity index (χ0n) is 15.9. The van der Waals surface area contributed by atoms with E-state index in [1.165, 1.54) is 24.3 Å². The lowest BCUT2D eigenvalue weighted by Gasteiger charge is -2.11. The molecule has 0 amide bonds. The number of ether oxygens (including phenoxy) is 1. The fourth-order valence-electron chi connectivity index (χ4n) is 3.64. The molecule has 0 spiro atoms. The molecule has 2 atom stereocenters. The van der Waals surface area contributed by atoms with Gasteiger partial charge in [0.2, 0.25) is 0 Å². The van der Waals surface area contributed by atoms with Crippen LogP contribution in [0, 0.1) is 18.7 Å². The van der Waals surface area contributed by atoms with E-state index in [9.17, 15) is 24.5 Å². The molecular formula is C23H18ClFO5. The van der Waals surface area contributed by atoms with Gasteiger partial charge in [0.05, 0.1) is 0 Å². The molecule has 7 heteroatoms. The Hall–Kier alpha value is -3.25. The van der Waals surface area contributed by atoms with Crippen LogP contribution in [-0.4, -0.2) is 21.1 Å². The number of hydrogen-bond donors (Lipinski definition) is 3. The molecule has 1 aliphatic carbocycles. The number of phenols is 3. The predicted molar refractivity (Wildman–Crippen MR) is 109 cm³/mol. The second-order valence-corrected chi connectivity index (χ2v) is 7.72. The second kappa shape index (κ2) is 7.54. The number of carbonyl (C=O) groups is 1. The summed E-state index contributed by atoms with van der Waals surface area (Å²) in [6, 6.07) is 12.1. The molecule has 30 heavy (non-hydrogen) atoms. The molecule has 5 nitrogen and oxygen atoms in total. The van der Waals surface area contributed by atoms with E-state index in [1.807, 2.05) is 19.1 Å². The summed E-state index contributed by atoms with van der Waals surface area (Å²) in [4.78, 5) is 12.8. The van der Waals surface area contributed by atoms with Gasteiger partial charge in [-0.3, -0.25) is 4.79 Å². The molecule has 0 aromatic heterocycles. The summed E-state index contributed by atoms with van der Waals surface area (Å²) in [5.41, 5.74) is 1.61. The van der Waals surface area contributed by atoms with Crippen LogP contribution in [0.15, 0.2) is 48.5 Å². The third-order valence-electron chi connectivity index (χ3n) is 5.26. The van der Waals surface area contributed by atoms with E-state index in [4.69, 9.17) is 16.3 Å². The smallest absolute Gasteiger partial charge is 0.174 e. The van der Waals surface area contributed by atoms with Crippen LogP contribution in [0.2, 0.25) is 5.02 Å². The molecule has 3 aromatic rings. The number of Topliss-reactive ketones (excluding diaryl/α,β-unsaturated/α-hetero) is 1. The van der Waals surface area contributed by atoms with Crippen molar-refractivity contribution in [3.63, 3.8) is 0 Å². The number of aromatic hydroxyl groups is 3. The zero-order valence-corrected chi connectivity index (χ0v) is 16.7. The highest BCUT2D eigenvalue weighted by Gasteiger charge is 2.46. The van der Waals surface area contributed by atoms with Crippen LogP contribution in [0.4, 0.5) is 4.39 Å². The Morgan fingerprint density at radius 1 is 1.03 bits per heavy atom. The molecule has 0 saturated heterocycles.